The van der Waals surface area contributed by atoms with E-state index in [1.807, 2.05) is 36.1 Å². The van der Waals surface area contributed by atoms with Gasteiger partial charge in [0.25, 0.3) is 5.91 Å². The minimum absolute atomic E-state index is 0.201. The van der Waals surface area contributed by atoms with Gasteiger partial charge in [0.15, 0.2) is 0 Å². The predicted molar refractivity (Wildman–Crippen MR) is 139 cm³/mol. The lowest BCUT2D eigenvalue weighted by Gasteiger charge is -2.26. The van der Waals surface area contributed by atoms with Crippen LogP contribution >= 0.6 is 10.6 Å². The number of carbonyl (C=O) groups is 1. The van der Waals surface area contributed by atoms with E-state index in [0.717, 1.165) is 40.8 Å². The number of nitrogens with zero attached hydrogens (tertiary/aromatic N) is 3. The summed E-state index contributed by atoms with van der Waals surface area (Å²) in [6, 6.07) is 18.7. The molecule has 1 aliphatic rings. The van der Waals surface area contributed by atoms with Gasteiger partial charge in [-0.3, -0.25) is 18.6 Å². The highest BCUT2D eigenvalue weighted by atomic mass is 32.3. The number of nitrogens with one attached hydrogen (secondary N) is 1. The number of benzene rings is 3. The van der Waals surface area contributed by atoms with Gasteiger partial charge in [0.1, 0.15) is 5.75 Å². The molecule has 3 N–H and O–H groups in total. The van der Waals surface area contributed by atoms with Crippen LogP contribution in [0.25, 0.3) is 10.9 Å². The van der Waals surface area contributed by atoms with Gasteiger partial charge in [-0.1, -0.05) is 12.1 Å². The maximum Gasteiger partial charge on any atom is 0.251 e. The average molecular weight is 493 g/mol. The van der Waals surface area contributed by atoms with Gasteiger partial charge < -0.3 is 15.0 Å². The molecule has 9 heteroatoms. The van der Waals surface area contributed by atoms with E-state index in [1.54, 1.807) is 30.3 Å². The molecule has 1 aromatic heterocycles. The van der Waals surface area contributed by atoms with Crippen molar-refractivity contribution in [3.05, 3.63) is 78.0 Å². The normalized spacial score (nSPS) is 14.2. The molecule has 8 nitrogen and oxygen atoms in total. The Balaban J connectivity index is 1.34. The van der Waals surface area contributed by atoms with E-state index in [9.17, 15) is 13.9 Å². The van der Waals surface area contributed by atoms with Crippen molar-refractivity contribution in [2.24, 2.45) is 7.05 Å². The van der Waals surface area contributed by atoms with Crippen molar-refractivity contribution in [1.29, 1.82) is 0 Å². The number of fused-ring (bicyclic) bond motifs is 2. The maximum absolute atomic E-state index is 12.9. The second kappa shape index (κ2) is 9.26. The van der Waals surface area contributed by atoms with Crippen LogP contribution in [0.5, 0.6) is 5.75 Å². The van der Waals surface area contributed by atoms with Crippen molar-refractivity contribution >= 4 is 38.8 Å². The predicted octanol–water partition coefficient (Wildman–Crippen LogP) is 5.16. The average Bonchev–Trinajstić information content (AvgIpc) is 3.08. The molecule has 5 rings (SSSR count). The number of aryl methyl sites for hydroxylation is 1. The van der Waals surface area contributed by atoms with Crippen LogP contribution in [0, 0.1) is 0 Å². The molecule has 2 heterocycles. The van der Waals surface area contributed by atoms with E-state index in [0.29, 0.717) is 29.4 Å². The number of hydrogen-bond acceptors (Lipinski definition) is 6. The largest absolute Gasteiger partial charge is 0.491 e. The molecule has 0 aliphatic carbocycles. The Morgan fingerprint density at radius 2 is 1.91 bits per heavy atom. The van der Waals surface area contributed by atoms with Gasteiger partial charge >= 0.3 is 0 Å². The monoisotopic (exact) mass is 492 g/mol. The lowest BCUT2D eigenvalue weighted by atomic mass is 10.1. The lowest BCUT2D eigenvalue weighted by Crippen LogP contribution is -2.23. The first-order chi connectivity index (χ1) is 16.8. The number of anilines is 2. The molecule has 35 heavy (non-hydrogen) atoms. The van der Waals surface area contributed by atoms with Crippen molar-refractivity contribution in [1.82, 2.24) is 15.1 Å². The summed E-state index contributed by atoms with van der Waals surface area (Å²) in [5.41, 5.74) is 4.33. The summed E-state index contributed by atoms with van der Waals surface area (Å²) in [6.07, 6.45) is 4.25. The number of rotatable bonds is 5. The van der Waals surface area contributed by atoms with Crippen LogP contribution in [-0.2, 0) is 13.6 Å². The number of aromatic nitrogens is 2. The molecule has 0 atom stereocenters. The highest BCUT2D eigenvalue weighted by molar-refractivity contribution is 8.23. The molecule has 0 radical (unpaired) electrons. The van der Waals surface area contributed by atoms with Crippen molar-refractivity contribution < 1.29 is 18.6 Å². The number of amides is 1. The van der Waals surface area contributed by atoms with Gasteiger partial charge in [-0.15, -0.1) is 0 Å². The van der Waals surface area contributed by atoms with Gasteiger partial charge in [-0.25, -0.2) is 0 Å². The number of carbonyl (C=O) groups excluding carboxylic acids is 1. The smallest absolute Gasteiger partial charge is 0.251 e. The SMILES string of the molecule is Cn1cc2cc(N3CCCOc4cc(C(=O)NCc5ccc(S(C)(O)O)cc5)ccc43)ccc2n1. The van der Waals surface area contributed by atoms with Crippen LogP contribution in [0.2, 0.25) is 0 Å². The Morgan fingerprint density at radius 1 is 1.11 bits per heavy atom. The molecule has 0 saturated carbocycles. The molecule has 0 spiro atoms. The topological polar surface area (TPSA) is 99.9 Å². The molecule has 4 aromatic rings. The molecule has 0 saturated heterocycles. The third-order valence-corrected chi connectivity index (χ3v) is 7.20. The highest BCUT2D eigenvalue weighted by Gasteiger charge is 2.20. The van der Waals surface area contributed by atoms with Gasteiger partial charge in [0.2, 0.25) is 0 Å². The van der Waals surface area contributed by atoms with Crippen LogP contribution in [0.15, 0.2) is 71.8 Å². The van der Waals surface area contributed by atoms with Crippen LogP contribution < -0.4 is 15.0 Å². The van der Waals surface area contributed by atoms with Crippen molar-refractivity contribution in [2.45, 2.75) is 17.9 Å². The summed E-state index contributed by atoms with van der Waals surface area (Å²) in [4.78, 5) is 15.5. The summed E-state index contributed by atoms with van der Waals surface area (Å²) < 4.78 is 27.3. The molecule has 1 amide bonds. The summed E-state index contributed by atoms with van der Waals surface area (Å²) in [5, 5.41) is 8.45. The Hall–Kier alpha value is -3.53. The van der Waals surface area contributed by atoms with Crippen molar-refractivity contribution in [3.63, 3.8) is 0 Å². The third kappa shape index (κ3) is 4.97. The van der Waals surface area contributed by atoms with E-state index in [2.05, 4.69) is 27.4 Å². The quantitative estimate of drug-likeness (QED) is 0.356. The summed E-state index contributed by atoms with van der Waals surface area (Å²) in [6.45, 7) is 1.71. The van der Waals surface area contributed by atoms with Gasteiger partial charge in [0, 0.05) is 49.2 Å². The van der Waals surface area contributed by atoms with E-state index in [1.165, 1.54) is 6.26 Å². The molecular weight excluding hydrogens is 464 g/mol. The Kier molecular flexibility index (Phi) is 6.14. The molecule has 0 fully saturated rings. The minimum atomic E-state index is -2.75. The van der Waals surface area contributed by atoms with Crippen LogP contribution in [0.4, 0.5) is 11.4 Å². The highest BCUT2D eigenvalue weighted by Crippen LogP contribution is 2.43. The zero-order chi connectivity index (χ0) is 24.6. The Labute approximate surface area is 205 Å². The first-order valence-electron chi connectivity index (χ1n) is 11.4. The summed E-state index contributed by atoms with van der Waals surface area (Å²) in [7, 11) is -0.836. The molecule has 182 valence electrons. The Morgan fingerprint density at radius 3 is 2.69 bits per heavy atom. The standard InChI is InChI=1S/C26H28N4O4S/c1-29-17-20-14-21(7-10-23(20)28-29)30-12-3-13-34-25-15-19(6-11-24(25)30)26(31)27-16-18-4-8-22(9-5-18)35(2,32)33/h4-11,14-15,17,32-33H,3,12-13,16H2,1-2H3,(H,27,31). The van der Waals surface area contributed by atoms with E-state index in [4.69, 9.17) is 4.74 Å². The zero-order valence-electron chi connectivity index (χ0n) is 19.6. The molecule has 3 aromatic carbocycles. The molecular formula is C26H28N4O4S. The fourth-order valence-corrected chi connectivity index (χ4v) is 4.89. The number of hydrogen-bond donors (Lipinski definition) is 3. The molecule has 0 bridgehead atoms. The second-order valence-corrected chi connectivity index (χ2v) is 10.9. The van der Waals surface area contributed by atoms with E-state index >= 15 is 0 Å². The summed E-state index contributed by atoms with van der Waals surface area (Å²) in [5.74, 6) is 0.478. The molecule has 0 unspecified atom stereocenters. The first kappa shape index (κ1) is 23.2. The van der Waals surface area contributed by atoms with E-state index in [-0.39, 0.29) is 5.91 Å². The minimum Gasteiger partial charge on any atom is -0.491 e. The fraction of sp³-hybridized carbons (Fsp3) is 0.231. The first-order valence-corrected chi connectivity index (χ1v) is 13.3. The summed E-state index contributed by atoms with van der Waals surface area (Å²) >= 11 is 0. The van der Waals surface area contributed by atoms with Gasteiger partial charge in [-0.05, 0) is 60.5 Å². The second-order valence-electron chi connectivity index (χ2n) is 8.74. The van der Waals surface area contributed by atoms with Gasteiger partial charge in [0.05, 0.1) is 22.7 Å². The lowest BCUT2D eigenvalue weighted by molar-refractivity contribution is 0.0950. The van der Waals surface area contributed by atoms with Crippen molar-refractivity contribution in [2.75, 3.05) is 24.3 Å². The van der Waals surface area contributed by atoms with Crippen molar-refractivity contribution in [3.8, 4) is 5.75 Å². The third-order valence-electron chi connectivity index (χ3n) is 6.03. The van der Waals surface area contributed by atoms with Crippen LogP contribution in [0.1, 0.15) is 22.3 Å². The van der Waals surface area contributed by atoms with Crippen LogP contribution in [0.3, 0.4) is 0 Å². The van der Waals surface area contributed by atoms with Gasteiger partial charge in [-0.2, -0.15) is 15.7 Å². The number of ether oxygens (including phenoxy) is 1. The molecule has 1 aliphatic heterocycles. The fourth-order valence-electron chi connectivity index (χ4n) is 4.24. The zero-order valence-corrected chi connectivity index (χ0v) is 20.5. The maximum atomic E-state index is 12.9. The Bertz CT molecular complexity index is 1380. The van der Waals surface area contributed by atoms with Crippen LogP contribution in [-0.4, -0.2) is 44.2 Å². The van der Waals surface area contributed by atoms with E-state index < -0.39 is 10.6 Å².